The molecule has 2 N–H and O–H groups in total. The molecular weight excluding hydrogens is 380 g/mol. The minimum atomic E-state index is -0.838. The van der Waals surface area contributed by atoms with E-state index in [4.69, 9.17) is 4.74 Å². The van der Waals surface area contributed by atoms with E-state index in [1.165, 1.54) is 25.3 Å². The Morgan fingerprint density at radius 3 is 2.66 bits per heavy atom. The Labute approximate surface area is 164 Å². The number of rotatable bonds is 5. The van der Waals surface area contributed by atoms with Crippen molar-refractivity contribution in [3.63, 3.8) is 0 Å². The lowest BCUT2D eigenvalue weighted by Crippen LogP contribution is -2.25. The van der Waals surface area contributed by atoms with Crippen LogP contribution < -0.4 is 15.6 Å². The number of aromatic nitrogens is 2. The van der Waals surface area contributed by atoms with Crippen molar-refractivity contribution in [2.24, 2.45) is 0 Å². The number of nitrogens with zero attached hydrogens (tertiary/aromatic N) is 3. The number of aromatic hydroxyl groups is 1. The molecule has 0 saturated carbocycles. The molecule has 148 valence electrons. The van der Waals surface area contributed by atoms with Gasteiger partial charge in [0.05, 0.1) is 17.7 Å². The molecule has 3 aromatic rings. The van der Waals surface area contributed by atoms with Crippen LogP contribution in [0.15, 0.2) is 53.3 Å². The minimum Gasteiger partial charge on any atom is -0.505 e. The maximum atomic E-state index is 12.7. The zero-order chi connectivity index (χ0) is 21.1. The van der Waals surface area contributed by atoms with Crippen LogP contribution in [-0.2, 0) is 0 Å². The van der Waals surface area contributed by atoms with Crippen LogP contribution in [0.2, 0.25) is 0 Å². The molecule has 0 aliphatic rings. The first-order valence-corrected chi connectivity index (χ1v) is 8.35. The van der Waals surface area contributed by atoms with Gasteiger partial charge in [0.25, 0.3) is 17.2 Å². The predicted octanol–water partition coefficient (Wildman–Crippen LogP) is 2.42. The third-order valence-corrected chi connectivity index (χ3v) is 4.12. The van der Waals surface area contributed by atoms with Crippen molar-refractivity contribution in [1.82, 2.24) is 9.78 Å². The quantitative estimate of drug-likeness (QED) is 0.499. The molecule has 0 spiro atoms. The number of non-ortho nitro benzene ring substituents is 1. The number of hydrogen-bond donors (Lipinski definition) is 2. The monoisotopic (exact) mass is 396 g/mol. The average molecular weight is 396 g/mol. The second-order valence-electron chi connectivity index (χ2n) is 6.01. The highest BCUT2D eigenvalue weighted by Gasteiger charge is 2.20. The van der Waals surface area contributed by atoms with Gasteiger partial charge in [0, 0.05) is 18.2 Å². The van der Waals surface area contributed by atoms with Crippen LogP contribution in [0, 0.1) is 17.0 Å². The number of ether oxygens (including phenoxy) is 1. The Morgan fingerprint density at radius 2 is 1.97 bits per heavy atom. The van der Waals surface area contributed by atoms with E-state index in [2.05, 4.69) is 10.4 Å². The number of carbonyl (C=O) groups is 1. The number of methoxy groups -OCH3 is 1. The summed E-state index contributed by atoms with van der Waals surface area (Å²) in [6.07, 6.45) is 0. The normalized spacial score (nSPS) is 10.4. The van der Waals surface area contributed by atoms with E-state index >= 15 is 0 Å². The molecular formula is C19H16N4O6. The van der Waals surface area contributed by atoms with Crippen LogP contribution in [-0.4, -0.2) is 32.8 Å². The van der Waals surface area contributed by atoms with Gasteiger partial charge in [-0.25, -0.2) is 0 Å². The van der Waals surface area contributed by atoms with Crippen molar-refractivity contribution < 1.29 is 19.6 Å². The molecule has 10 heteroatoms. The lowest BCUT2D eigenvalue weighted by Gasteiger charge is -2.12. The summed E-state index contributed by atoms with van der Waals surface area (Å²) in [5, 5.41) is 27.5. The number of nitrogens with one attached hydrogen (secondary N) is 1. The van der Waals surface area contributed by atoms with E-state index in [-0.39, 0.29) is 17.1 Å². The molecule has 2 aromatic carbocycles. The largest absolute Gasteiger partial charge is 0.505 e. The fourth-order valence-corrected chi connectivity index (χ4v) is 2.63. The number of hydrogen-bond acceptors (Lipinski definition) is 7. The molecule has 29 heavy (non-hydrogen) atoms. The number of carbonyl (C=O) groups excluding carboxylic acids is 1. The number of aryl methyl sites for hydroxylation is 1. The molecule has 3 rings (SSSR count). The van der Waals surface area contributed by atoms with Crippen molar-refractivity contribution in [3.8, 4) is 17.2 Å². The van der Waals surface area contributed by atoms with Crippen molar-refractivity contribution in [2.75, 3.05) is 12.4 Å². The van der Waals surface area contributed by atoms with Gasteiger partial charge in [-0.2, -0.15) is 9.78 Å². The molecule has 0 aliphatic heterocycles. The Balaban J connectivity index is 2.04. The van der Waals surface area contributed by atoms with Crippen LogP contribution in [0.3, 0.4) is 0 Å². The summed E-state index contributed by atoms with van der Waals surface area (Å²) in [6, 6.07) is 11.4. The van der Waals surface area contributed by atoms with Gasteiger partial charge in [-0.15, -0.1) is 0 Å². The summed E-state index contributed by atoms with van der Waals surface area (Å²) >= 11 is 0. The summed E-state index contributed by atoms with van der Waals surface area (Å²) < 4.78 is 6.13. The second kappa shape index (κ2) is 7.80. The molecule has 1 amide bonds. The van der Waals surface area contributed by atoms with Gasteiger partial charge in [0.2, 0.25) is 0 Å². The SMILES string of the molecule is COc1ccccc1-n1nc(C(=O)Nc2cc([N+](=O)[O-])ccc2C)c(O)cc1=O. The fraction of sp³-hybridized carbons (Fsp3) is 0.105. The second-order valence-corrected chi connectivity index (χ2v) is 6.01. The highest BCUT2D eigenvalue weighted by Crippen LogP contribution is 2.24. The van der Waals surface area contributed by atoms with Crippen LogP contribution in [0.25, 0.3) is 5.69 Å². The summed E-state index contributed by atoms with van der Waals surface area (Å²) in [7, 11) is 1.42. The molecule has 0 unspecified atom stereocenters. The standard InChI is InChI=1S/C19H16N4O6/c1-11-7-8-12(23(27)28)9-13(11)20-19(26)18-15(24)10-17(25)22(21-18)14-5-3-4-6-16(14)29-2/h3-10,24H,1-2H3,(H,20,26). The Morgan fingerprint density at radius 1 is 1.24 bits per heavy atom. The van der Waals surface area contributed by atoms with Gasteiger partial charge >= 0.3 is 0 Å². The number of benzene rings is 2. The van der Waals surface area contributed by atoms with Crippen LogP contribution in [0.1, 0.15) is 16.1 Å². The predicted molar refractivity (Wildman–Crippen MR) is 104 cm³/mol. The summed E-state index contributed by atoms with van der Waals surface area (Å²) in [5.41, 5.74) is -0.277. The van der Waals surface area contributed by atoms with Crippen molar-refractivity contribution in [3.05, 3.63) is 80.3 Å². The third kappa shape index (κ3) is 3.90. The number of nitro groups is 1. The summed E-state index contributed by atoms with van der Waals surface area (Å²) in [6.45, 7) is 1.66. The van der Waals surface area contributed by atoms with Crippen LogP contribution >= 0.6 is 0 Å². The van der Waals surface area contributed by atoms with Gasteiger partial charge in [-0.3, -0.25) is 19.7 Å². The number of anilines is 1. The van der Waals surface area contributed by atoms with Gasteiger partial charge in [0.15, 0.2) is 11.4 Å². The highest BCUT2D eigenvalue weighted by atomic mass is 16.6. The molecule has 10 nitrogen and oxygen atoms in total. The lowest BCUT2D eigenvalue weighted by atomic mass is 10.1. The molecule has 0 radical (unpaired) electrons. The molecule has 0 fully saturated rings. The lowest BCUT2D eigenvalue weighted by molar-refractivity contribution is -0.384. The maximum Gasteiger partial charge on any atom is 0.280 e. The van der Waals surface area contributed by atoms with Crippen LogP contribution in [0.5, 0.6) is 11.5 Å². The van der Waals surface area contributed by atoms with E-state index in [0.717, 1.165) is 10.7 Å². The number of para-hydroxylation sites is 2. The third-order valence-electron chi connectivity index (χ3n) is 4.12. The van der Waals surface area contributed by atoms with Crippen molar-refractivity contribution in [2.45, 2.75) is 6.92 Å². The Kier molecular flexibility index (Phi) is 5.26. The molecule has 0 saturated heterocycles. The molecule has 1 heterocycles. The first kappa shape index (κ1) is 19.5. The van der Waals surface area contributed by atoms with Crippen molar-refractivity contribution in [1.29, 1.82) is 0 Å². The highest BCUT2D eigenvalue weighted by molar-refractivity contribution is 6.05. The first-order valence-electron chi connectivity index (χ1n) is 8.35. The number of amides is 1. The maximum absolute atomic E-state index is 12.7. The van der Waals surface area contributed by atoms with Gasteiger partial charge in [-0.1, -0.05) is 18.2 Å². The fourth-order valence-electron chi connectivity index (χ4n) is 2.63. The summed E-state index contributed by atoms with van der Waals surface area (Å²) in [4.78, 5) is 35.3. The van der Waals surface area contributed by atoms with Gasteiger partial charge in [-0.05, 0) is 24.6 Å². The smallest absolute Gasteiger partial charge is 0.280 e. The van der Waals surface area contributed by atoms with Crippen LogP contribution in [0.4, 0.5) is 11.4 Å². The summed E-state index contributed by atoms with van der Waals surface area (Å²) in [5.74, 6) is -1.12. The van der Waals surface area contributed by atoms with E-state index < -0.39 is 27.8 Å². The van der Waals surface area contributed by atoms with E-state index in [0.29, 0.717) is 11.3 Å². The molecule has 0 atom stereocenters. The first-order chi connectivity index (χ1) is 13.8. The van der Waals surface area contributed by atoms with Crippen molar-refractivity contribution >= 4 is 17.3 Å². The topological polar surface area (TPSA) is 137 Å². The Hall–Kier alpha value is -4.21. The zero-order valence-corrected chi connectivity index (χ0v) is 15.4. The zero-order valence-electron chi connectivity index (χ0n) is 15.4. The van der Waals surface area contributed by atoms with Gasteiger partial charge < -0.3 is 15.2 Å². The van der Waals surface area contributed by atoms with Gasteiger partial charge in [0.1, 0.15) is 11.4 Å². The Bertz CT molecular complexity index is 1170. The molecule has 0 bridgehead atoms. The van der Waals surface area contributed by atoms with E-state index in [1.807, 2.05) is 0 Å². The minimum absolute atomic E-state index is 0.181. The van der Waals surface area contributed by atoms with E-state index in [9.17, 15) is 24.8 Å². The number of nitro benzene ring substituents is 1. The van der Waals surface area contributed by atoms with E-state index in [1.54, 1.807) is 31.2 Å². The average Bonchev–Trinajstić information content (AvgIpc) is 2.69. The molecule has 0 aliphatic carbocycles. The molecule has 1 aromatic heterocycles.